The van der Waals surface area contributed by atoms with E-state index in [4.69, 9.17) is 18.5 Å². The van der Waals surface area contributed by atoms with Gasteiger partial charge in [-0.2, -0.15) is 0 Å². The third-order valence-corrected chi connectivity index (χ3v) is 12.6. The molecule has 1 saturated carbocycles. The van der Waals surface area contributed by atoms with E-state index in [1.807, 2.05) is 0 Å². The van der Waals surface area contributed by atoms with Crippen LogP contribution in [-0.2, 0) is 50.9 Å². The minimum Gasteiger partial charge on any atom is -0.462 e. The van der Waals surface area contributed by atoms with E-state index in [0.717, 1.165) is 103 Å². The molecular formula is C45H81O19P3. The Morgan fingerprint density at radius 1 is 0.493 bits per heavy atom. The molecule has 1 rings (SSSR count). The highest BCUT2D eigenvalue weighted by atomic mass is 31.2. The molecule has 19 nitrogen and oxygen atoms in total. The van der Waals surface area contributed by atoms with Gasteiger partial charge in [0.25, 0.3) is 0 Å². The maximum atomic E-state index is 13.1. The van der Waals surface area contributed by atoms with Crippen LogP contribution in [0.3, 0.4) is 0 Å². The number of allylic oxidation sites excluding steroid dienone is 8. The van der Waals surface area contributed by atoms with Crippen LogP contribution in [0.15, 0.2) is 48.6 Å². The van der Waals surface area contributed by atoms with Crippen molar-refractivity contribution in [1.82, 2.24) is 0 Å². The smallest absolute Gasteiger partial charge is 0.462 e. The van der Waals surface area contributed by atoms with Crippen molar-refractivity contribution < 1.29 is 90.6 Å². The number of phosphoric acid groups is 3. The Kier molecular flexibility index (Phi) is 34.8. The number of aliphatic hydroxyl groups is 3. The SMILES string of the molecule is CC/C=C\C/C=C\C/C=C\CCCCCCCC(=O)O[C@H](COC(=O)CCCCCCCCC/C=C\CCCCCC)COP(=O)(O)O[C@H]1C(O)C(O)C(OP(=O)(O)O)[C@@H](OP(=O)(O)O)C1O. The third-order valence-electron chi connectivity index (χ3n) is 10.6. The van der Waals surface area contributed by atoms with Crippen molar-refractivity contribution >= 4 is 35.4 Å². The van der Waals surface area contributed by atoms with Gasteiger partial charge in [-0.15, -0.1) is 0 Å². The molecule has 0 bridgehead atoms. The van der Waals surface area contributed by atoms with Crippen molar-refractivity contribution in [2.75, 3.05) is 13.2 Å². The van der Waals surface area contributed by atoms with Crippen molar-refractivity contribution in [3.05, 3.63) is 48.6 Å². The highest BCUT2D eigenvalue weighted by molar-refractivity contribution is 7.47. The Hall–Kier alpha value is -1.89. The maximum Gasteiger partial charge on any atom is 0.472 e. The monoisotopic (exact) mass is 1020 g/mol. The third kappa shape index (κ3) is 33.4. The quantitative estimate of drug-likeness (QED) is 0.0123. The van der Waals surface area contributed by atoms with Gasteiger partial charge in [0.15, 0.2) is 6.10 Å². The van der Waals surface area contributed by atoms with E-state index in [2.05, 4.69) is 71.5 Å². The second-order valence-corrected chi connectivity index (χ2v) is 20.4. The van der Waals surface area contributed by atoms with Crippen LogP contribution >= 0.6 is 23.5 Å². The molecule has 390 valence electrons. The summed E-state index contributed by atoms with van der Waals surface area (Å²) in [4.78, 5) is 73.2. The van der Waals surface area contributed by atoms with Gasteiger partial charge in [0.1, 0.15) is 43.2 Å². The van der Waals surface area contributed by atoms with E-state index in [9.17, 15) is 63.1 Å². The molecule has 1 aliphatic rings. The Bertz CT molecular complexity index is 1590. The lowest BCUT2D eigenvalue weighted by Crippen LogP contribution is -2.65. The van der Waals surface area contributed by atoms with Crippen LogP contribution in [0, 0.1) is 0 Å². The van der Waals surface area contributed by atoms with Gasteiger partial charge in [0, 0.05) is 12.8 Å². The number of hydrogen-bond acceptors (Lipinski definition) is 14. The van der Waals surface area contributed by atoms with Gasteiger partial charge in [-0.25, -0.2) is 13.7 Å². The molecule has 67 heavy (non-hydrogen) atoms. The van der Waals surface area contributed by atoms with E-state index in [1.54, 1.807) is 0 Å². The number of carbonyl (C=O) groups is 2. The Labute approximate surface area is 397 Å². The summed E-state index contributed by atoms with van der Waals surface area (Å²) in [7, 11) is -16.6. The van der Waals surface area contributed by atoms with Crippen LogP contribution < -0.4 is 0 Å². The first-order chi connectivity index (χ1) is 31.8. The van der Waals surface area contributed by atoms with Gasteiger partial charge < -0.3 is 49.3 Å². The predicted octanol–water partition coefficient (Wildman–Crippen LogP) is 8.62. The Balaban J connectivity index is 2.74. The zero-order chi connectivity index (χ0) is 50.0. The summed E-state index contributed by atoms with van der Waals surface area (Å²) in [6.07, 6.45) is 22.7. The van der Waals surface area contributed by atoms with Gasteiger partial charge in [0.2, 0.25) is 0 Å². The molecule has 1 aliphatic carbocycles. The standard InChI is InChI=1S/C45H81O19P3/c1-3-5-7-9-11-13-15-17-19-21-23-25-27-29-31-33-38(46)59-35-37(61-39(47)34-32-30-28-26-24-22-20-18-16-14-12-10-8-6-4-2)36-60-67(57,58)64-43-40(48)41(49)44(62-65(51,52)53)45(42(43)50)63-66(54,55)56/h6,8,12-15,18,20,37,40-45,48-50H,3-5,7,9-11,16-17,19,21-36H2,1-2H3,(H,57,58)(H2,51,52,53)(H2,54,55,56)/b8-6-,14-12-,15-13-,20-18-/t37-,40?,41?,42?,43+,44?,45+/m1/s1. The van der Waals surface area contributed by atoms with Crippen molar-refractivity contribution in [2.45, 2.75) is 211 Å². The fourth-order valence-corrected chi connectivity index (χ4v) is 9.16. The molecule has 0 spiro atoms. The second kappa shape index (κ2) is 37.0. The van der Waals surface area contributed by atoms with E-state index in [1.165, 1.54) is 25.7 Å². The summed E-state index contributed by atoms with van der Waals surface area (Å²) >= 11 is 0. The lowest BCUT2D eigenvalue weighted by molar-refractivity contribution is -0.213. The topological polar surface area (TPSA) is 303 Å². The predicted molar refractivity (Wildman–Crippen MR) is 252 cm³/mol. The molecule has 0 radical (unpaired) electrons. The van der Waals surface area contributed by atoms with Crippen molar-refractivity contribution in [1.29, 1.82) is 0 Å². The van der Waals surface area contributed by atoms with E-state index in [-0.39, 0.29) is 12.8 Å². The molecule has 0 aliphatic heterocycles. The van der Waals surface area contributed by atoms with Crippen molar-refractivity contribution in [3.63, 3.8) is 0 Å². The Morgan fingerprint density at radius 3 is 1.42 bits per heavy atom. The number of hydrogen-bond donors (Lipinski definition) is 8. The average Bonchev–Trinajstić information content (AvgIpc) is 3.25. The number of phosphoric ester groups is 3. The lowest BCUT2D eigenvalue weighted by atomic mass is 9.85. The first-order valence-electron chi connectivity index (χ1n) is 23.9. The molecule has 8 atom stereocenters. The second-order valence-electron chi connectivity index (χ2n) is 16.7. The summed E-state index contributed by atoms with van der Waals surface area (Å²) in [5, 5.41) is 31.9. The van der Waals surface area contributed by atoms with Crippen LogP contribution in [0.1, 0.15) is 168 Å². The summed E-state index contributed by atoms with van der Waals surface area (Å²) in [6.45, 7) is 2.80. The normalized spacial score (nSPS) is 22.0. The van der Waals surface area contributed by atoms with Gasteiger partial charge in [-0.05, 0) is 70.6 Å². The van der Waals surface area contributed by atoms with Crippen LogP contribution in [-0.4, -0.2) is 108 Å². The highest BCUT2D eigenvalue weighted by Crippen LogP contribution is 2.51. The maximum absolute atomic E-state index is 13.1. The number of esters is 2. The first kappa shape index (κ1) is 63.1. The fraction of sp³-hybridized carbons (Fsp3) is 0.778. The summed E-state index contributed by atoms with van der Waals surface area (Å²) in [6, 6.07) is 0. The molecule has 5 unspecified atom stereocenters. The largest absolute Gasteiger partial charge is 0.472 e. The van der Waals surface area contributed by atoms with E-state index < -0.39 is 91.3 Å². The molecular weight excluding hydrogens is 937 g/mol. The molecule has 22 heteroatoms. The molecule has 0 aromatic carbocycles. The Morgan fingerprint density at radius 2 is 0.910 bits per heavy atom. The molecule has 0 amide bonds. The van der Waals surface area contributed by atoms with Gasteiger partial charge in [-0.1, -0.05) is 133 Å². The number of carbonyl (C=O) groups excluding carboxylic acids is 2. The summed E-state index contributed by atoms with van der Waals surface area (Å²) in [5.74, 6) is -1.32. The number of ether oxygens (including phenoxy) is 2. The van der Waals surface area contributed by atoms with Crippen LogP contribution in [0.25, 0.3) is 0 Å². The summed E-state index contributed by atoms with van der Waals surface area (Å²) in [5.41, 5.74) is 0. The zero-order valence-corrected chi connectivity index (χ0v) is 42.1. The highest BCUT2D eigenvalue weighted by Gasteiger charge is 2.56. The molecule has 0 saturated heterocycles. The van der Waals surface area contributed by atoms with E-state index >= 15 is 0 Å². The molecule has 8 N–H and O–H groups in total. The number of rotatable bonds is 40. The van der Waals surface area contributed by atoms with Gasteiger partial charge in [-0.3, -0.25) is 27.7 Å². The fourth-order valence-electron chi connectivity index (χ4n) is 7.06. The van der Waals surface area contributed by atoms with E-state index in [0.29, 0.717) is 12.8 Å². The zero-order valence-electron chi connectivity index (χ0n) is 39.5. The van der Waals surface area contributed by atoms with Crippen LogP contribution in [0.4, 0.5) is 0 Å². The van der Waals surface area contributed by atoms with Crippen molar-refractivity contribution in [3.8, 4) is 0 Å². The minimum atomic E-state index is -5.60. The molecule has 0 heterocycles. The molecule has 1 fully saturated rings. The van der Waals surface area contributed by atoms with Gasteiger partial charge >= 0.3 is 35.4 Å². The first-order valence-corrected chi connectivity index (χ1v) is 28.5. The van der Waals surface area contributed by atoms with Crippen LogP contribution in [0.5, 0.6) is 0 Å². The molecule has 0 aromatic heterocycles. The van der Waals surface area contributed by atoms with Gasteiger partial charge in [0.05, 0.1) is 6.61 Å². The van der Waals surface area contributed by atoms with Crippen molar-refractivity contribution in [2.24, 2.45) is 0 Å². The number of unbranched alkanes of at least 4 members (excludes halogenated alkanes) is 16. The lowest BCUT2D eigenvalue weighted by Gasteiger charge is -2.44. The summed E-state index contributed by atoms with van der Waals surface area (Å²) < 4.78 is 65.5. The average molecular weight is 1020 g/mol. The van der Waals surface area contributed by atoms with Crippen LogP contribution in [0.2, 0.25) is 0 Å². The minimum absolute atomic E-state index is 0.0234. The number of aliphatic hydroxyl groups excluding tert-OH is 3. The molecule has 0 aromatic rings.